The number of likely N-dealkylation sites (N-methyl/N-ethyl adjacent to an activating group) is 1. The number of nitrogen functional groups attached to an aromatic ring is 2. The van der Waals surface area contributed by atoms with Crippen molar-refractivity contribution in [3.8, 4) is 0 Å². The minimum absolute atomic E-state index is 0. The summed E-state index contributed by atoms with van der Waals surface area (Å²) in [4.78, 5) is 10.0. The maximum absolute atomic E-state index is 9.31. The summed E-state index contributed by atoms with van der Waals surface area (Å²) in [5.41, 5.74) is 19.1. The molecular formula is C38H70N8O3+2. The Kier molecular flexibility index (Phi) is 15.9. The molecule has 11 nitrogen and oxygen atoms in total. The fourth-order valence-corrected chi connectivity index (χ4v) is 8.12. The van der Waals surface area contributed by atoms with Gasteiger partial charge in [0.2, 0.25) is 0 Å². The van der Waals surface area contributed by atoms with E-state index >= 15 is 0 Å². The molecule has 0 aromatic heterocycles. The topological polar surface area (TPSA) is 126 Å². The van der Waals surface area contributed by atoms with Gasteiger partial charge in [-0.05, 0) is 55.2 Å². The number of anilines is 4. The van der Waals surface area contributed by atoms with Crippen LogP contribution in [0.4, 0.5) is 22.7 Å². The van der Waals surface area contributed by atoms with Crippen molar-refractivity contribution in [2.75, 3.05) is 159 Å². The molecule has 0 saturated carbocycles. The van der Waals surface area contributed by atoms with Crippen molar-refractivity contribution in [1.29, 1.82) is 0 Å². The lowest BCUT2D eigenvalue weighted by molar-refractivity contribution is -0.932. The average Bonchev–Trinajstić information content (AvgIpc) is 3.68. The standard InChI is InChI=1S/C18H31N4O2.C18H31N4O.2CH4/c19-17-2-1-16-3-4-21(18(16)15-17)6-5-20-7-9-22(10-8-20,11-13-23)12-14-24;1-2-22(13-14-23)11-9-20(10-12-22)7-8-21-6-5-16-3-4-17(19)15-18(16)21;;/h1-2,15,23-24H,3-14,19H2;3-4,15,23H,2,5-14,19H2,1H3;2*1H4/q2*+1;;. The van der Waals surface area contributed by atoms with Crippen LogP contribution in [0.2, 0.25) is 0 Å². The number of rotatable bonds is 13. The van der Waals surface area contributed by atoms with Crippen LogP contribution in [0.1, 0.15) is 32.9 Å². The fourth-order valence-electron chi connectivity index (χ4n) is 8.12. The van der Waals surface area contributed by atoms with E-state index in [1.54, 1.807) is 0 Å². The van der Waals surface area contributed by atoms with Gasteiger partial charge in [-0.25, -0.2) is 0 Å². The first-order valence-corrected chi connectivity index (χ1v) is 18.1. The molecule has 4 aliphatic rings. The van der Waals surface area contributed by atoms with Crippen LogP contribution in [-0.4, -0.2) is 172 Å². The summed E-state index contributed by atoms with van der Waals surface area (Å²) in [7, 11) is 0. The first kappa shape index (κ1) is 40.8. The molecule has 0 amide bonds. The number of quaternary nitrogens is 2. The second kappa shape index (κ2) is 19.1. The van der Waals surface area contributed by atoms with Crippen LogP contribution < -0.4 is 21.3 Å². The predicted octanol–water partition coefficient (Wildman–Crippen LogP) is 1.80. The quantitative estimate of drug-likeness (QED) is 0.159. The Labute approximate surface area is 297 Å². The van der Waals surface area contributed by atoms with Crippen molar-refractivity contribution in [3.05, 3.63) is 47.5 Å². The Morgan fingerprint density at radius 1 is 0.571 bits per heavy atom. The zero-order valence-electron chi connectivity index (χ0n) is 28.9. The number of nitrogens with zero attached hydrogens (tertiary/aromatic N) is 6. The fraction of sp³-hybridized carbons (Fsp3) is 0.684. The van der Waals surface area contributed by atoms with E-state index in [9.17, 15) is 15.3 Å². The SMILES string of the molecule is C.C.CC[N+]1(CCO)CCN(CCN2CCc3ccc(N)cc32)CC1.Nc1ccc2c(c1)N(CCN1CC[N+](CCO)(CCO)CC1)CC2. The first-order chi connectivity index (χ1) is 22.8. The summed E-state index contributed by atoms with van der Waals surface area (Å²) >= 11 is 0. The molecule has 0 aliphatic carbocycles. The van der Waals surface area contributed by atoms with E-state index in [2.05, 4.69) is 50.8 Å². The highest BCUT2D eigenvalue weighted by molar-refractivity contribution is 5.65. The predicted molar refractivity (Wildman–Crippen MR) is 206 cm³/mol. The Bertz CT molecular complexity index is 1260. The van der Waals surface area contributed by atoms with E-state index in [1.807, 2.05) is 12.1 Å². The van der Waals surface area contributed by atoms with Crippen molar-refractivity contribution < 1.29 is 24.3 Å². The van der Waals surface area contributed by atoms with E-state index in [1.165, 1.54) is 35.6 Å². The molecule has 2 fully saturated rings. The number of hydrogen-bond donors (Lipinski definition) is 5. The van der Waals surface area contributed by atoms with Gasteiger partial charge in [-0.3, -0.25) is 9.80 Å². The smallest absolute Gasteiger partial charge is 0.102 e. The van der Waals surface area contributed by atoms with Gasteiger partial charge in [0.1, 0.15) is 19.6 Å². The number of aliphatic hydroxyl groups is 3. The molecule has 2 aromatic rings. The van der Waals surface area contributed by atoms with Crippen LogP contribution in [0, 0.1) is 0 Å². The zero-order chi connectivity index (χ0) is 33.3. The number of fused-ring (bicyclic) bond motifs is 2. The molecular weight excluding hydrogens is 616 g/mol. The molecule has 2 aromatic carbocycles. The van der Waals surface area contributed by atoms with Gasteiger partial charge in [0.15, 0.2) is 0 Å². The molecule has 0 spiro atoms. The number of nitrogens with two attached hydrogens (primary N) is 2. The van der Waals surface area contributed by atoms with E-state index in [0.717, 1.165) is 138 Å². The highest BCUT2D eigenvalue weighted by Crippen LogP contribution is 2.31. The Morgan fingerprint density at radius 2 is 0.959 bits per heavy atom. The number of aliphatic hydroxyl groups excluding tert-OH is 3. The molecule has 2 saturated heterocycles. The first-order valence-electron chi connectivity index (χ1n) is 18.1. The maximum Gasteiger partial charge on any atom is 0.102 e. The molecule has 278 valence electrons. The Hall–Kier alpha value is -2.64. The molecule has 0 bridgehead atoms. The van der Waals surface area contributed by atoms with Gasteiger partial charge in [-0.2, -0.15) is 0 Å². The molecule has 4 heterocycles. The monoisotopic (exact) mass is 687 g/mol. The van der Waals surface area contributed by atoms with Crippen LogP contribution in [-0.2, 0) is 12.8 Å². The third kappa shape index (κ3) is 10.4. The lowest BCUT2D eigenvalue weighted by Crippen LogP contribution is -2.62. The maximum atomic E-state index is 9.31. The number of hydrogen-bond acceptors (Lipinski definition) is 9. The zero-order valence-corrected chi connectivity index (χ0v) is 28.9. The van der Waals surface area contributed by atoms with Crippen molar-refractivity contribution in [3.63, 3.8) is 0 Å². The van der Waals surface area contributed by atoms with Gasteiger partial charge >= 0.3 is 0 Å². The van der Waals surface area contributed by atoms with Crippen LogP contribution >= 0.6 is 0 Å². The summed E-state index contributed by atoms with van der Waals surface area (Å²) in [6.45, 7) is 21.8. The highest BCUT2D eigenvalue weighted by atomic mass is 16.3. The van der Waals surface area contributed by atoms with E-state index in [4.69, 9.17) is 11.5 Å². The molecule has 4 aliphatic heterocycles. The molecule has 0 unspecified atom stereocenters. The number of piperazine rings is 2. The normalized spacial score (nSPS) is 19.7. The van der Waals surface area contributed by atoms with Gasteiger partial charge < -0.3 is 45.6 Å². The van der Waals surface area contributed by atoms with Crippen LogP contribution in [0.5, 0.6) is 0 Å². The van der Waals surface area contributed by atoms with Crippen molar-refractivity contribution >= 4 is 22.7 Å². The van der Waals surface area contributed by atoms with Gasteiger partial charge in [-0.15, -0.1) is 0 Å². The summed E-state index contributed by atoms with van der Waals surface area (Å²) in [6, 6.07) is 12.6. The molecule has 49 heavy (non-hydrogen) atoms. The van der Waals surface area contributed by atoms with E-state index < -0.39 is 0 Å². The van der Waals surface area contributed by atoms with Crippen LogP contribution in [0.3, 0.4) is 0 Å². The minimum Gasteiger partial charge on any atom is -0.399 e. The Morgan fingerprint density at radius 3 is 1.35 bits per heavy atom. The van der Waals surface area contributed by atoms with E-state index in [0.29, 0.717) is 6.61 Å². The third-order valence-corrected chi connectivity index (χ3v) is 11.5. The Balaban J connectivity index is 0.000000255. The molecule has 6 rings (SSSR count). The molecule has 0 atom stereocenters. The van der Waals surface area contributed by atoms with Crippen molar-refractivity contribution in [2.24, 2.45) is 0 Å². The van der Waals surface area contributed by atoms with Crippen molar-refractivity contribution in [2.45, 2.75) is 34.6 Å². The van der Waals surface area contributed by atoms with Gasteiger partial charge in [0.25, 0.3) is 0 Å². The number of benzene rings is 2. The molecule has 7 N–H and O–H groups in total. The van der Waals surface area contributed by atoms with Gasteiger partial charge in [0, 0.05) is 88.2 Å². The van der Waals surface area contributed by atoms with Gasteiger partial charge in [0.05, 0.1) is 52.5 Å². The summed E-state index contributed by atoms with van der Waals surface area (Å²) in [5, 5.41) is 27.9. The highest BCUT2D eigenvalue weighted by Gasteiger charge is 2.33. The second-order valence-corrected chi connectivity index (χ2v) is 14.2. The lowest BCUT2D eigenvalue weighted by Gasteiger charge is -2.44. The van der Waals surface area contributed by atoms with Crippen LogP contribution in [0.25, 0.3) is 0 Å². The lowest BCUT2D eigenvalue weighted by atomic mass is 10.1. The molecule has 11 heteroatoms. The summed E-state index contributed by atoms with van der Waals surface area (Å²) < 4.78 is 1.93. The second-order valence-electron chi connectivity index (χ2n) is 14.2. The largest absolute Gasteiger partial charge is 0.399 e. The van der Waals surface area contributed by atoms with Crippen molar-refractivity contribution in [1.82, 2.24) is 9.80 Å². The van der Waals surface area contributed by atoms with E-state index in [-0.39, 0.29) is 28.1 Å². The molecule has 0 radical (unpaired) electrons. The van der Waals surface area contributed by atoms with Gasteiger partial charge in [-0.1, -0.05) is 27.0 Å². The minimum atomic E-state index is 0. The van der Waals surface area contributed by atoms with Crippen LogP contribution in [0.15, 0.2) is 36.4 Å². The summed E-state index contributed by atoms with van der Waals surface area (Å²) in [6.07, 6.45) is 2.25. The average molecular weight is 687 g/mol. The third-order valence-electron chi connectivity index (χ3n) is 11.5. The summed E-state index contributed by atoms with van der Waals surface area (Å²) in [5.74, 6) is 0.